The molecule has 0 bridgehead atoms. The maximum Gasteiger partial charge on any atom is 0.0562 e. The summed E-state index contributed by atoms with van der Waals surface area (Å²) in [6.45, 7) is 0. The van der Waals surface area contributed by atoms with Gasteiger partial charge in [-0.25, -0.2) is 0 Å². The van der Waals surface area contributed by atoms with E-state index >= 15 is 0 Å². The van der Waals surface area contributed by atoms with Crippen LogP contribution in [0.15, 0.2) is 224 Å². The van der Waals surface area contributed by atoms with Gasteiger partial charge in [-0.1, -0.05) is 201 Å². The van der Waals surface area contributed by atoms with Crippen molar-refractivity contribution >= 4 is 60.4 Å². The predicted octanol–water partition coefficient (Wildman–Crippen LogP) is 17.6. The minimum Gasteiger partial charge on any atom is -0.309 e. The molecule has 306 valence electrons. The van der Waals surface area contributed by atoms with Crippen molar-refractivity contribution in [1.29, 1.82) is 0 Å². The minimum atomic E-state index is 0.557. The van der Waals surface area contributed by atoms with E-state index in [0.29, 0.717) is 5.92 Å². The standard InChI is InChI=1S/C62H48N2/c1-4-20-44(21-5-1)51-41-40-47(50-33-16-25-43-24-10-11-30-49(43)50)42-60(51)64(59-39-19-38-58-62(59)55-32-13-15-37-57(55)63(58)48-28-8-3-9-29-48)56-36-14-12-31-53(56)54-35-18-27-46-26-17-34-52(61(46)54)45-22-6-2-7-23-45/h1,3-5,8-21,24-42,45H,2,6-7,22-23H2. The van der Waals surface area contributed by atoms with Gasteiger partial charge in [0.15, 0.2) is 0 Å². The molecule has 1 aromatic heterocycles. The monoisotopic (exact) mass is 820 g/mol. The zero-order valence-corrected chi connectivity index (χ0v) is 35.9. The van der Waals surface area contributed by atoms with Gasteiger partial charge in [0.05, 0.1) is 28.1 Å². The van der Waals surface area contributed by atoms with Gasteiger partial charge in [-0.3, -0.25) is 0 Å². The van der Waals surface area contributed by atoms with E-state index in [9.17, 15) is 0 Å². The second-order valence-electron chi connectivity index (χ2n) is 17.4. The van der Waals surface area contributed by atoms with E-state index < -0.39 is 0 Å². The Morgan fingerprint density at radius 2 is 0.969 bits per heavy atom. The van der Waals surface area contributed by atoms with Crippen molar-refractivity contribution in [3.05, 3.63) is 230 Å². The summed E-state index contributed by atoms with van der Waals surface area (Å²) in [5, 5.41) is 7.60. The first-order valence-corrected chi connectivity index (χ1v) is 23.0. The topological polar surface area (TPSA) is 8.17 Å². The first-order chi connectivity index (χ1) is 31.8. The Hall–Kier alpha value is -7.68. The summed E-state index contributed by atoms with van der Waals surface area (Å²) in [6, 6.07) is 83.3. The number of fused-ring (bicyclic) bond motifs is 5. The van der Waals surface area contributed by atoms with Gasteiger partial charge in [0.25, 0.3) is 0 Å². The van der Waals surface area contributed by atoms with Gasteiger partial charge < -0.3 is 9.47 Å². The number of hydrogen-bond donors (Lipinski definition) is 0. The van der Waals surface area contributed by atoms with Crippen LogP contribution in [0.1, 0.15) is 43.6 Å². The molecule has 64 heavy (non-hydrogen) atoms. The largest absolute Gasteiger partial charge is 0.309 e. The van der Waals surface area contributed by atoms with Crippen LogP contribution >= 0.6 is 0 Å². The fourth-order valence-electron chi connectivity index (χ4n) is 10.9. The fraction of sp³-hybridized carbons (Fsp3) is 0.0968. The number of hydrogen-bond acceptors (Lipinski definition) is 1. The summed E-state index contributed by atoms with van der Waals surface area (Å²) < 4.78 is 2.43. The molecule has 0 N–H and O–H groups in total. The maximum absolute atomic E-state index is 2.60. The Morgan fingerprint density at radius 3 is 1.81 bits per heavy atom. The molecule has 0 spiro atoms. The number of para-hydroxylation sites is 3. The van der Waals surface area contributed by atoms with E-state index in [1.807, 2.05) is 0 Å². The first-order valence-electron chi connectivity index (χ1n) is 23.0. The molecule has 2 nitrogen and oxygen atoms in total. The summed E-state index contributed by atoms with van der Waals surface area (Å²) in [5.74, 6) is 0.557. The van der Waals surface area contributed by atoms with Crippen LogP contribution < -0.4 is 4.90 Å². The highest BCUT2D eigenvalue weighted by atomic mass is 15.2. The molecule has 1 saturated carbocycles. The number of nitrogens with zero attached hydrogens (tertiary/aromatic N) is 2. The molecule has 1 aliphatic carbocycles. The summed E-state index contributed by atoms with van der Waals surface area (Å²) in [5.41, 5.74) is 15.6. The minimum absolute atomic E-state index is 0.557. The highest BCUT2D eigenvalue weighted by Gasteiger charge is 2.27. The Kier molecular flexibility index (Phi) is 9.64. The Balaban J connectivity index is 1.21. The maximum atomic E-state index is 2.60. The predicted molar refractivity (Wildman–Crippen MR) is 273 cm³/mol. The molecule has 1 aliphatic rings. The summed E-state index contributed by atoms with van der Waals surface area (Å²) in [6.07, 6.45) is 6.42. The quantitative estimate of drug-likeness (QED) is 0.148. The van der Waals surface area contributed by atoms with Crippen LogP contribution in [0.5, 0.6) is 0 Å². The average Bonchev–Trinajstić information content (AvgIpc) is 3.72. The normalized spacial score (nSPS) is 13.2. The lowest BCUT2D eigenvalue weighted by Gasteiger charge is -2.32. The zero-order chi connectivity index (χ0) is 42.4. The molecule has 10 aromatic carbocycles. The highest BCUT2D eigenvalue weighted by molar-refractivity contribution is 6.18. The lowest BCUT2D eigenvalue weighted by Crippen LogP contribution is -2.13. The fourth-order valence-corrected chi connectivity index (χ4v) is 10.9. The van der Waals surface area contributed by atoms with E-state index in [2.05, 4.69) is 234 Å². The Bertz CT molecular complexity index is 3470. The van der Waals surface area contributed by atoms with Gasteiger partial charge in [0.1, 0.15) is 0 Å². The number of benzene rings is 10. The molecule has 1 fully saturated rings. The van der Waals surface area contributed by atoms with E-state index in [0.717, 1.165) is 22.7 Å². The van der Waals surface area contributed by atoms with Crippen molar-refractivity contribution < 1.29 is 0 Å². The molecule has 0 saturated heterocycles. The Labute approximate surface area is 375 Å². The second-order valence-corrected chi connectivity index (χ2v) is 17.4. The highest BCUT2D eigenvalue weighted by Crippen LogP contribution is 2.51. The molecule has 0 atom stereocenters. The van der Waals surface area contributed by atoms with Crippen LogP contribution in [0.3, 0.4) is 0 Å². The van der Waals surface area contributed by atoms with Crippen molar-refractivity contribution in [2.24, 2.45) is 0 Å². The average molecular weight is 821 g/mol. The van der Waals surface area contributed by atoms with Crippen molar-refractivity contribution in [3.8, 4) is 39.1 Å². The number of aromatic nitrogens is 1. The van der Waals surface area contributed by atoms with Crippen molar-refractivity contribution in [2.45, 2.75) is 38.0 Å². The van der Waals surface area contributed by atoms with Crippen LogP contribution in [0.2, 0.25) is 0 Å². The molecule has 0 aliphatic heterocycles. The number of rotatable bonds is 8. The van der Waals surface area contributed by atoms with Gasteiger partial charge in [0.2, 0.25) is 0 Å². The van der Waals surface area contributed by atoms with Gasteiger partial charge in [-0.2, -0.15) is 0 Å². The SMILES string of the molecule is c1ccc(-c2ccc(-c3cccc4ccccc34)cc2N(c2ccccc2-c2cccc3cccc(C4CCCCC4)c23)c2cccc3c2c2ccccc2n3-c2ccccc2)cc1. The molecular weight excluding hydrogens is 773 g/mol. The van der Waals surface area contributed by atoms with E-state index in [1.54, 1.807) is 0 Å². The summed E-state index contributed by atoms with van der Waals surface area (Å²) in [4.78, 5) is 2.60. The lowest BCUT2D eigenvalue weighted by molar-refractivity contribution is 0.445. The van der Waals surface area contributed by atoms with Crippen LogP contribution in [-0.4, -0.2) is 4.57 Å². The van der Waals surface area contributed by atoms with Gasteiger partial charge in [-0.15, -0.1) is 0 Å². The molecule has 11 aromatic rings. The third-order valence-electron chi connectivity index (χ3n) is 13.8. The molecule has 0 unspecified atom stereocenters. The smallest absolute Gasteiger partial charge is 0.0562 e. The molecule has 2 heteroatoms. The van der Waals surface area contributed by atoms with Crippen molar-refractivity contribution in [2.75, 3.05) is 4.90 Å². The molecule has 0 amide bonds. The second kappa shape index (κ2) is 16.2. The molecule has 0 radical (unpaired) electrons. The van der Waals surface area contributed by atoms with Crippen LogP contribution in [-0.2, 0) is 0 Å². The lowest BCUT2D eigenvalue weighted by atomic mass is 9.80. The van der Waals surface area contributed by atoms with E-state index in [4.69, 9.17) is 0 Å². The van der Waals surface area contributed by atoms with E-state index in [-0.39, 0.29) is 0 Å². The molecular formula is C62H48N2. The zero-order valence-electron chi connectivity index (χ0n) is 35.9. The summed E-state index contributed by atoms with van der Waals surface area (Å²) in [7, 11) is 0. The third kappa shape index (κ3) is 6.48. The summed E-state index contributed by atoms with van der Waals surface area (Å²) >= 11 is 0. The van der Waals surface area contributed by atoms with Crippen molar-refractivity contribution in [1.82, 2.24) is 4.57 Å². The van der Waals surface area contributed by atoms with Crippen LogP contribution in [0.4, 0.5) is 17.1 Å². The van der Waals surface area contributed by atoms with Crippen LogP contribution in [0, 0.1) is 0 Å². The van der Waals surface area contributed by atoms with Crippen LogP contribution in [0.25, 0.3) is 82.4 Å². The molecule has 1 heterocycles. The van der Waals surface area contributed by atoms with E-state index in [1.165, 1.54) is 114 Å². The van der Waals surface area contributed by atoms with Crippen molar-refractivity contribution in [3.63, 3.8) is 0 Å². The van der Waals surface area contributed by atoms with Gasteiger partial charge >= 0.3 is 0 Å². The molecule has 12 rings (SSSR count). The van der Waals surface area contributed by atoms with Gasteiger partial charge in [-0.05, 0) is 111 Å². The van der Waals surface area contributed by atoms with Gasteiger partial charge in [0, 0.05) is 27.6 Å². The Morgan fingerprint density at radius 1 is 0.359 bits per heavy atom. The number of anilines is 3. The third-order valence-corrected chi connectivity index (χ3v) is 13.8. The first kappa shape index (κ1) is 38.0.